The van der Waals surface area contributed by atoms with E-state index in [1.54, 1.807) is 19.2 Å². The second-order valence-electron chi connectivity index (χ2n) is 4.22. The van der Waals surface area contributed by atoms with Gasteiger partial charge in [-0.15, -0.1) is 0 Å². The molecule has 0 aliphatic heterocycles. The number of hydrogen-bond acceptors (Lipinski definition) is 4. The van der Waals surface area contributed by atoms with Gasteiger partial charge in [-0.3, -0.25) is 10.1 Å². The number of nitro benzene ring substituents is 1. The van der Waals surface area contributed by atoms with Gasteiger partial charge in [0.25, 0.3) is 0 Å². The molecule has 2 aromatic rings. The maximum Gasteiger partial charge on any atom is 0.328 e. The first-order chi connectivity index (χ1) is 10.0. The minimum atomic E-state index is -0.889. The van der Waals surface area contributed by atoms with Crippen LogP contribution in [0.3, 0.4) is 0 Å². The van der Waals surface area contributed by atoms with E-state index in [2.05, 4.69) is 21.2 Å². The van der Waals surface area contributed by atoms with Crippen LogP contribution in [0.2, 0.25) is 0 Å². The molecular weight excluding hydrogens is 343 g/mol. The number of benzene rings is 2. The standard InChI is InChI=1S/C14H12BrFN2O3/c1-21-10-4-2-9(3-5-10)8-17-12-7-6-11(15)13(16)14(12)18(19)20/h2-7,17H,8H2,1H3. The van der Waals surface area contributed by atoms with Crippen LogP contribution >= 0.6 is 15.9 Å². The van der Waals surface area contributed by atoms with E-state index in [0.717, 1.165) is 11.3 Å². The second kappa shape index (κ2) is 6.53. The quantitative estimate of drug-likeness (QED) is 0.647. The van der Waals surface area contributed by atoms with Crippen molar-refractivity contribution in [2.75, 3.05) is 12.4 Å². The third-order valence-electron chi connectivity index (χ3n) is 2.89. The van der Waals surface area contributed by atoms with Gasteiger partial charge in [-0.05, 0) is 45.8 Å². The summed E-state index contributed by atoms with van der Waals surface area (Å²) < 4.78 is 18.9. The summed E-state index contributed by atoms with van der Waals surface area (Å²) in [5.41, 5.74) is 0.461. The number of halogens is 2. The molecule has 2 rings (SSSR count). The average Bonchev–Trinajstić information content (AvgIpc) is 2.48. The minimum absolute atomic E-state index is 0.0594. The summed E-state index contributed by atoms with van der Waals surface area (Å²) >= 11 is 2.94. The fourth-order valence-electron chi connectivity index (χ4n) is 1.80. The van der Waals surface area contributed by atoms with Gasteiger partial charge in [0.15, 0.2) is 0 Å². The summed E-state index contributed by atoms with van der Waals surface area (Å²) in [4.78, 5) is 10.2. The van der Waals surface area contributed by atoms with Crippen molar-refractivity contribution in [1.29, 1.82) is 0 Å². The van der Waals surface area contributed by atoms with E-state index in [1.807, 2.05) is 12.1 Å². The lowest BCUT2D eigenvalue weighted by Crippen LogP contribution is -2.04. The second-order valence-corrected chi connectivity index (χ2v) is 5.07. The van der Waals surface area contributed by atoms with Crippen molar-refractivity contribution in [2.24, 2.45) is 0 Å². The molecule has 0 aromatic heterocycles. The van der Waals surface area contributed by atoms with Crippen LogP contribution < -0.4 is 10.1 Å². The Balaban J connectivity index is 2.19. The molecule has 0 radical (unpaired) electrons. The number of nitrogens with one attached hydrogen (secondary N) is 1. The largest absolute Gasteiger partial charge is 0.497 e. The molecule has 0 fully saturated rings. The Bertz CT molecular complexity index is 662. The number of nitrogens with zero attached hydrogens (tertiary/aromatic N) is 1. The van der Waals surface area contributed by atoms with Crippen LogP contribution in [0.15, 0.2) is 40.9 Å². The average molecular weight is 355 g/mol. The van der Waals surface area contributed by atoms with E-state index in [1.165, 1.54) is 12.1 Å². The van der Waals surface area contributed by atoms with Gasteiger partial charge in [0, 0.05) is 6.54 Å². The third kappa shape index (κ3) is 3.49. The number of anilines is 1. The Hall–Kier alpha value is -2.15. The van der Waals surface area contributed by atoms with Crippen molar-refractivity contribution >= 4 is 27.3 Å². The SMILES string of the molecule is COc1ccc(CNc2ccc(Br)c(F)c2[N+](=O)[O-])cc1. The van der Waals surface area contributed by atoms with Crippen LogP contribution in [-0.4, -0.2) is 12.0 Å². The smallest absolute Gasteiger partial charge is 0.328 e. The molecule has 0 heterocycles. The summed E-state index contributed by atoms with van der Waals surface area (Å²) in [6.07, 6.45) is 0. The zero-order chi connectivity index (χ0) is 15.4. The summed E-state index contributed by atoms with van der Waals surface area (Å²) in [7, 11) is 1.57. The molecule has 2 aromatic carbocycles. The molecule has 5 nitrogen and oxygen atoms in total. The predicted molar refractivity (Wildman–Crippen MR) is 81.1 cm³/mol. The lowest BCUT2D eigenvalue weighted by Gasteiger charge is -2.09. The molecule has 7 heteroatoms. The van der Waals surface area contributed by atoms with Crippen LogP contribution in [-0.2, 0) is 6.54 Å². The molecule has 110 valence electrons. The lowest BCUT2D eigenvalue weighted by atomic mass is 10.2. The highest BCUT2D eigenvalue weighted by atomic mass is 79.9. The predicted octanol–water partition coefficient (Wildman–Crippen LogP) is 4.12. The van der Waals surface area contributed by atoms with Crippen molar-refractivity contribution in [3.8, 4) is 5.75 Å². The van der Waals surface area contributed by atoms with Gasteiger partial charge in [-0.1, -0.05) is 12.1 Å². The van der Waals surface area contributed by atoms with Gasteiger partial charge in [-0.2, -0.15) is 4.39 Å². The Morgan fingerprint density at radius 1 is 1.29 bits per heavy atom. The van der Waals surface area contributed by atoms with Gasteiger partial charge >= 0.3 is 5.69 Å². The number of methoxy groups -OCH3 is 1. The third-order valence-corrected chi connectivity index (χ3v) is 3.51. The van der Waals surface area contributed by atoms with Gasteiger partial charge in [0.1, 0.15) is 11.4 Å². The Morgan fingerprint density at radius 3 is 2.52 bits per heavy atom. The van der Waals surface area contributed by atoms with E-state index in [9.17, 15) is 14.5 Å². The molecule has 0 bridgehead atoms. The number of hydrogen-bond donors (Lipinski definition) is 1. The molecule has 0 atom stereocenters. The van der Waals surface area contributed by atoms with Crippen molar-refractivity contribution in [2.45, 2.75) is 6.54 Å². The molecule has 0 spiro atoms. The van der Waals surface area contributed by atoms with Crippen LogP contribution in [0.25, 0.3) is 0 Å². The van der Waals surface area contributed by atoms with E-state index >= 15 is 0 Å². The first-order valence-electron chi connectivity index (χ1n) is 6.02. The van der Waals surface area contributed by atoms with Crippen molar-refractivity contribution in [3.63, 3.8) is 0 Å². The summed E-state index contributed by atoms with van der Waals surface area (Å²) in [6, 6.07) is 10.1. The minimum Gasteiger partial charge on any atom is -0.497 e. The van der Waals surface area contributed by atoms with E-state index in [4.69, 9.17) is 4.74 Å². The van der Waals surface area contributed by atoms with Crippen molar-refractivity contribution in [3.05, 3.63) is 62.4 Å². The van der Waals surface area contributed by atoms with Gasteiger partial charge in [-0.25, -0.2) is 0 Å². The first-order valence-corrected chi connectivity index (χ1v) is 6.81. The van der Waals surface area contributed by atoms with Crippen molar-refractivity contribution < 1.29 is 14.1 Å². The maximum atomic E-state index is 13.8. The number of rotatable bonds is 5. The summed E-state index contributed by atoms with van der Waals surface area (Å²) in [6.45, 7) is 0.339. The molecule has 0 saturated carbocycles. The fraction of sp³-hybridized carbons (Fsp3) is 0.143. The highest BCUT2D eigenvalue weighted by Crippen LogP contribution is 2.32. The Labute approximate surface area is 129 Å². The summed E-state index contributed by atoms with van der Waals surface area (Å²) in [5, 5.41) is 13.9. The molecular formula is C14H12BrFN2O3. The number of ether oxygens (including phenoxy) is 1. The van der Waals surface area contributed by atoms with Crippen LogP contribution in [0.5, 0.6) is 5.75 Å². The molecule has 0 aliphatic carbocycles. The van der Waals surface area contributed by atoms with Gasteiger partial charge in [0.2, 0.25) is 5.82 Å². The van der Waals surface area contributed by atoms with E-state index in [-0.39, 0.29) is 10.2 Å². The number of nitro groups is 1. The zero-order valence-electron chi connectivity index (χ0n) is 11.1. The first kappa shape index (κ1) is 15.2. The Morgan fingerprint density at radius 2 is 1.95 bits per heavy atom. The van der Waals surface area contributed by atoms with Crippen LogP contribution in [0.1, 0.15) is 5.56 Å². The molecule has 1 N–H and O–H groups in total. The normalized spacial score (nSPS) is 10.2. The zero-order valence-corrected chi connectivity index (χ0v) is 12.7. The molecule has 21 heavy (non-hydrogen) atoms. The molecule has 0 saturated heterocycles. The molecule has 0 aliphatic rings. The van der Waals surface area contributed by atoms with Crippen molar-refractivity contribution in [1.82, 2.24) is 0 Å². The fourth-order valence-corrected chi connectivity index (χ4v) is 2.12. The van der Waals surface area contributed by atoms with Crippen LogP contribution in [0, 0.1) is 15.9 Å². The highest BCUT2D eigenvalue weighted by molar-refractivity contribution is 9.10. The van der Waals surface area contributed by atoms with Crippen LogP contribution in [0.4, 0.5) is 15.8 Å². The molecule has 0 amide bonds. The summed E-state index contributed by atoms with van der Waals surface area (Å²) in [5.74, 6) is -0.167. The van der Waals surface area contributed by atoms with E-state index in [0.29, 0.717) is 6.54 Å². The Kier molecular flexibility index (Phi) is 4.74. The monoisotopic (exact) mass is 354 g/mol. The topological polar surface area (TPSA) is 64.4 Å². The maximum absolute atomic E-state index is 13.8. The van der Waals surface area contributed by atoms with Gasteiger partial charge < -0.3 is 10.1 Å². The van der Waals surface area contributed by atoms with E-state index < -0.39 is 16.4 Å². The lowest BCUT2D eigenvalue weighted by molar-refractivity contribution is -0.386. The highest BCUT2D eigenvalue weighted by Gasteiger charge is 2.22. The molecule has 0 unspecified atom stereocenters. The van der Waals surface area contributed by atoms with Gasteiger partial charge in [0.05, 0.1) is 16.5 Å².